The van der Waals surface area contributed by atoms with Crippen LogP contribution in [0.25, 0.3) is 0 Å². The number of rotatable bonds is 5. The molecule has 1 aromatic carbocycles. The van der Waals surface area contributed by atoms with Crippen LogP contribution in [-0.4, -0.2) is 36.1 Å². The van der Waals surface area contributed by atoms with Gasteiger partial charge in [0.2, 0.25) is 0 Å². The fraction of sp³-hybridized carbons (Fsp3) is 0.500. The van der Waals surface area contributed by atoms with E-state index in [0.717, 1.165) is 10.5 Å². The summed E-state index contributed by atoms with van der Waals surface area (Å²) in [6.07, 6.45) is -2.39. The van der Waals surface area contributed by atoms with Crippen LogP contribution in [0, 0.1) is 0 Å². The molecular formula is C14H17F3N2O. The molecule has 110 valence electrons. The predicted octanol–water partition coefficient (Wildman–Crippen LogP) is 2.35. The second-order valence-electron chi connectivity index (χ2n) is 5.02. The van der Waals surface area contributed by atoms with Gasteiger partial charge < -0.3 is 10.6 Å². The molecule has 2 N–H and O–H groups in total. The maximum atomic E-state index is 12.5. The second kappa shape index (κ2) is 5.83. The van der Waals surface area contributed by atoms with Crippen molar-refractivity contribution < 1.29 is 18.0 Å². The zero-order valence-electron chi connectivity index (χ0n) is 11.0. The van der Waals surface area contributed by atoms with E-state index in [1.807, 2.05) is 0 Å². The van der Waals surface area contributed by atoms with Crippen LogP contribution >= 0.6 is 0 Å². The summed E-state index contributed by atoms with van der Waals surface area (Å²) in [5, 5.41) is 0. The summed E-state index contributed by atoms with van der Waals surface area (Å²) in [7, 11) is 0. The molecule has 0 unspecified atom stereocenters. The molecule has 1 amide bonds. The largest absolute Gasteiger partial charge is 0.406 e. The summed E-state index contributed by atoms with van der Waals surface area (Å²) in [6, 6.07) is 6.34. The van der Waals surface area contributed by atoms with Crippen molar-refractivity contribution in [1.29, 1.82) is 0 Å². The van der Waals surface area contributed by atoms with Gasteiger partial charge in [-0.25, -0.2) is 0 Å². The van der Waals surface area contributed by atoms with Crippen LogP contribution in [0.2, 0.25) is 0 Å². The molecule has 0 saturated heterocycles. The van der Waals surface area contributed by atoms with Gasteiger partial charge >= 0.3 is 6.18 Å². The molecule has 2 rings (SSSR count). The Bertz CT molecular complexity index is 466. The summed E-state index contributed by atoms with van der Waals surface area (Å²) >= 11 is 0. The van der Waals surface area contributed by atoms with E-state index in [9.17, 15) is 18.0 Å². The molecular weight excluding hydrogens is 269 g/mol. The molecule has 1 aliphatic rings. The van der Waals surface area contributed by atoms with Gasteiger partial charge in [0.25, 0.3) is 5.91 Å². The lowest BCUT2D eigenvalue weighted by atomic mass is 10.1. The van der Waals surface area contributed by atoms with Crippen molar-refractivity contribution in [2.24, 2.45) is 5.73 Å². The van der Waals surface area contributed by atoms with Gasteiger partial charge in [-0.05, 0) is 43.5 Å². The first-order chi connectivity index (χ1) is 9.40. The minimum atomic E-state index is -4.36. The van der Waals surface area contributed by atoms with E-state index in [1.54, 1.807) is 24.3 Å². The van der Waals surface area contributed by atoms with Gasteiger partial charge in [-0.2, -0.15) is 13.2 Å². The molecule has 1 aliphatic carbocycles. The van der Waals surface area contributed by atoms with Crippen molar-refractivity contribution in [3.05, 3.63) is 35.4 Å². The van der Waals surface area contributed by atoms with Crippen LogP contribution in [0.4, 0.5) is 13.2 Å². The zero-order chi connectivity index (χ0) is 14.8. The Balaban J connectivity index is 2.10. The lowest BCUT2D eigenvalue weighted by molar-refractivity contribution is -0.141. The van der Waals surface area contributed by atoms with Gasteiger partial charge in [0.05, 0.1) is 0 Å². The van der Waals surface area contributed by atoms with Crippen molar-refractivity contribution in [3.8, 4) is 0 Å². The molecule has 20 heavy (non-hydrogen) atoms. The van der Waals surface area contributed by atoms with Crippen molar-refractivity contribution in [2.45, 2.75) is 31.5 Å². The van der Waals surface area contributed by atoms with E-state index < -0.39 is 18.6 Å². The average molecular weight is 286 g/mol. The molecule has 0 radical (unpaired) electrons. The fourth-order valence-electron chi connectivity index (χ4n) is 2.09. The molecule has 0 bridgehead atoms. The molecule has 0 aromatic heterocycles. The third-order valence-corrected chi connectivity index (χ3v) is 3.23. The molecule has 1 saturated carbocycles. The third-order valence-electron chi connectivity index (χ3n) is 3.23. The number of amides is 1. The summed E-state index contributed by atoms with van der Waals surface area (Å²) in [4.78, 5) is 13.1. The van der Waals surface area contributed by atoms with Crippen molar-refractivity contribution >= 4 is 5.91 Å². The van der Waals surface area contributed by atoms with Crippen LogP contribution in [0.5, 0.6) is 0 Å². The van der Waals surface area contributed by atoms with Gasteiger partial charge in [0.1, 0.15) is 6.54 Å². The van der Waals surface area contributed by atoms with E-state index >= 15 is 0 Å². The van der Waals surface area contributed by atoms with Crippen LogP contribution in [0.3, 0.4) is 0 Å². The van der Waals surface area contributed by atoms with Gasteiger partial charge in [0, 0.05) is 11.6 Å². The summed E-state index contributed by atoms with van der Waals surface area (Å²) in [5.41, 5.74) is 6.69. The minimum absolute atomic E-state index is 0.271. The zero-order valence-corrected chi connectivity index (χ0v) is 11.0. The lowest BCUT2D eigenvalue weighted by Crippen LogP contribution is -2.40. The first-order valence-electron chi connectivity index (χ1n) is 6.57. The highest BCUT2D eigenvalue weighted by Crippen LogP contribution is 2.31. The first kappa shape index (κ1) is 14.8. The number of halogens is 3. The van der Waals surface area contributed by atoms with Crippen molar-refractivity contribution in [2.75, 3.05) is 13.1 Å². The lowest BCUT2D eigenvalue weighted by Gasteiger charge is -2.23. The second-order valence-corrected chi connectivity index (χ2v) is 5.02. The summed E-state index contributed by atoms with van der Waals surface area (Å²) in [6.45, 7) is -0.684. The number of carbonyl (C=O) groups is 1. The van der Waals surface area contributed by atoms with Crippen molar-refractivity contribution in [1.82, 2.24) is 4.90 Å². The molecule has 0 heterocycles. The van der Waals surface area contributed by atoms with Gasteiger partial charge in [-0.1, -0.05) is 12.1 Å². The standard InChI is InChI=1S/C14H17F3N2O/c15-14(16,17)9-19(12-5-6-12)13(20)11-3-1-10(2-4-11)7-8-18/h1-4,12H,5-9,18H2. The minimum Gasteiger partial charge on any atom is -0.330 e. The summed E-state index contributed by atoms with van der Waals surface area (Å²) < 4.78 is 37.6. The predicted molar refractivity (Wildman–Crippen MR) is 69.3 cm³/mol. The maximum Gasteiger partial charge on any atom is 0.406 e. The van der Waals surface area contributed by atoms with Crippen LogP contribution in [-0.2, 0) is 6.42 Å². The SMILES string of the molecule is NCCc1ccc(C(=O)N(CC(F)(F)F)C2CC2)cc1. The Labute approximate surface area is 115 Å². The number of alkyl halides is 3. The van der Waals surface area contributed by atoms with E-state index in [0.29, 0.717) is 31.4 Å². The number of nitrogens with zero attached hydrogens (tertiary/aromatic N) is 1. The van der Waals surface area contributed by atoms with Crippen LogP contribution in [0.15, 0.2) is 24.3 Å². The fourth-order valence-corrected chi connectivity index (χ4v) is 2.09. The number of carbonyl (C=O) groups excluding carboxylic acids is 1. The molecule has 0 aliphatic heterocycles. The van der Waals surface area contributed by atoms with Gasteiger partial charge in [-0.3, -0.25) is 4.79 Å². The monoisotopic (exact) mass is 286 g/mol. The Morgan fingerprint density at radius 2 is 1.85 bits per heavy atom. The Morgan fingerprint density at radius 1 is 1.25 bits per heavy atom. The molecule has 3 nitrogen and oxygen atoms in total. The molecule has 0 spiro atoms. The number of nitrogens with two attached hydrogens (primary N) is 1. The summed E-state index contributed by atoms with van der Waals surface area (Å²) in [5.74, 6) is -0.552. The molecule has 1 aromatic rings. The van der Waals surface area contributed by atoms with Gasteiger partial charge in [0.15, 0.2) is 0 Å². The van der Waals surface area contributed by atoms with E-state index in [4.69, 9.17) is 5.73 Å². The van der Waals surface area contributed by atoms with Crippen LogP contribution in [0.1, 0.15) is 28.8 Å². The maximum absolute atomic E-state index is 12.5. The van der Waals surface area contributed by atoms with Crippen LogP contribution < -0.4 is 5.73 Å². The van der Waals surface area contributed by atoms with E-state index in [2.05, 4.69) is 0 Å². The normalized spacial score (nSPS) is 15.2. The van der Waals surface area contributed by atoms with Gasteiger partial charge in [-0.15, -0.1) is 0 Å². The van der Waals surface area contributed by atoms with E-state index in [1.165, 1.54) is 0 Å². The number of hydrogen-bond acceptors (Lipinski definition) is 2. The highest BCUT2D eigenvalue weighted by Gasteiger charge is 2.40. The smallest absolute Gasteiger partial charge is 0.330 e. The molecule has 6 heteroatoms. The Hall–Kier alpha value is -1.56. The Kier molecular flexibility index (Phi) is 4.32. The average Bonchev–Trinajstić information content (AvgIpc) is 3.20. The Morgan fingerprint density at radius 3 is 2.30 bits per heavy atom. The topological polar surface area (TPSA) is 46.3 Å². The quantitative estimate of drug-likeness (QED) is 0.903. The molecule has 0 atom stereocenters. The third kappa shape index (κ3) is 3.96. The van der Waals surface area contributed by atoms with Crippen molar-refractivity contribution in [3.63, 3.8) is 0 Å². The first-order valence-corrected chi connectivity index (χ1v) is 6.57. The number of hydrogen-bond donors (Lipinski definition) is 1. The number of benzene rings is 1. The van der Waals surface area contributed by atoms with E-state index in [-0.39, 0.29) is 6.04 Å². The molecule has 1 fully saturated rings. The highest BCUT2D eigenvalue weighted by molar-refractivity contribution is 5.94. The highest BCUT2D eigenvalue weighted by atomic mass is 19.4.